The van der Waals surface area contributed by atoms with Crippen molar-refractivity contribution in [3.63, 3.8) is 0 Å². The third-order valence-corrected chi connectivity index (χ3v) is 4.20. The van der Waals surface area contributed by atoms with Crippen molar-refractivity contribution in [2.24, 2.45) is 0 Å². The maximum atomic E-state index is 5.96. The molecule has 0 fully saturated rings. The van der Waals surface area contributed by atoms with E-state index in [0.717, 1.165) is 25.2 Å². The van der Waals surface area contributed by atoms with Gasteiger partial charge in [0.15, 0.2) is 0 Å². The zero-order valence-corrected chi connectivity index (χ0v) is 11.8. The molecule has 0 bridgehead atoms. The summed E-state index contributed by atoms with van der Waals surface area (Å²) in [6, 6.07) is 12.5. The lowest BCUT2D eigenvalue weighted by molar-refractivity contribution is 0.322. The Bertz CT molecular complexity index is 505. The number of hydrogen-bond donors (Lipinski definition) is 1. The van der Waals surface area contributed by atoms with Crippen molar-refractivity contribution in [2.75, 3.05) is 12.8 Å². The van der Waals surface area contributed by atoms with Crippen LogP contribution in [-0.2, 0) is 19.5 Å². The molecular weight excluding hydrogens is 240 g/mol. The first-order chi connectivity index (χ1) is 8.69. The molecule has 0 aliphatic heterocycles. The van der Waals surface area contributed by atoms with Crippen LogP contribution in [-0.4, -0.2) is 11.9 Å². The van der Waals surface area contributed by atoms with Gasteiger partial charge in [-0.05, 0) is 37.2 Å². The Morgan fingerprint density at radius 2 is 1.78 bits per heavy atom. The van der Waals surface area contributed by atoms with Crippen molar-refractivity contribution < 1.29 is 0 Å². The molecule has 0 unspecified atom stereocenters. The smallest absolute Gasteiger partial charge is 0.0359 e. The van der Waals surface area contributed by atoms with Gasteiger partial charge in [-0.3, -0.25) is 4.90 Å². The molecular formula is C15H20N2S. The second-order valence-corrected chi connectivity index (χ2v) is 5.85. The van der Waals surface area contributed by atoms with Crippen LogP contribution in [0.2, 0.25) is 0 Å². The number of rotatable bonds is 5. The maximum Gasteiger partial charge on any atom is 0.0359 e. The highest BCUT2D eigenvalue weighted by atomic mass is 32.1. The number of benzene rings is 1. The minimum atomic E-state index is 0.879. The molecule has 0 amide bonds. The average Bonchev–Trinajstić information content (AvgIpc) is 2.80. The van der Waals surface area contributed by atoms with Crippen molar-refractivity contribution in [3.05, 3.63) is 51.7 Å². The Labute approximate surface area is 113 Å². The molecule has 18 heavy (non-hydrogen) atoms. The van der Waals surface area contributed by atoms with Gasteiger partial charge in [0, 0.05) is 28.5 Å². The summed E-state index contributed by atoms with van der Waals surface area (Å²) in [5, 5.41) is 0. The zero-order valence-electron chi connectivity index (χ0n) is 11.0. The highest BCUT2D eigenvalue weighted by Gasteiger charge is 2.06. The number of nitrogen functional groups attached to an aromatic ring is 1. The molecule has 0 radical (unpaired) electrons. The summed E-state index contributed by atoms with van der Waals surface area (Å²) in [6.45, 7) is 4.08. The summed E-state index contributed by atoms with van der Waals surface area (Å²) in [5.74, 6) is 0. The van der Waals surface area contributed by atoms with Gasteiger partial charge in [0.25, 0.3) is 0 Å². The van der Waals surface area contributed by atoms with E-state index >= 15 is 0 Å². The first-order valence-electron chi connectivity index (χ1n) is 6.28. The van der Waals surface area contributed by atoms with Crippen molar-refractivity contribution in [1.29, 1.82) is 0 Å². The first kappa shape index (κ1) is 13.1. The number of hydrogen-bond acceptors (Lipinski definition) is 3. The molecule has 2 N–H and O–H groups in total. The Morgan fingerprint density at radius 3 is 2.44 bits per heavy atom. The van der Waals surface area contributed by atoms with Gasteiger partial charge in [0.05, 0.1) is 0 Å². The lowest BCUT2D eigenvalue weighted by atomic mass is 10.2. The van der Waals surface area contributed by atoms with Gasteiger partial charge in [0.1, 0.15) is 0 Å². The van der Waals surface area contributed by atoms with E-state index in [9.17, 15) is 0 Å². The minimum absolute atomic E-state index is 0.879. The number of thiophene rings is 1. The molecule has 0 atom stereocenters. The first-order valence-corrected chi connectivity index (χ1v) is 7.10. The molecule has 1 aromatic carbocycles. The molecule has 3 heteroatoms. The number of aryl methyl sites for hydroxylation is 1. The van der Waals surface area contributed by atoms with E-state index in [-0.39, 0.29) is 0 Å². The quantitative estimate of drug-likeness (QED) is 0.833. The predicted molar refractivity (Wildman–Crippen MR) is 79.7 cm³/mol. The number of nitrogens with zero attached hydrogens (tertiary/aromatic N) is 1. The summed E-state index contributed by atoms with van der Waals surface area (Å²) in [5.41, 5.74) is 8.04. The molecule has 0 aliphatic rings. The van der Waals surface area contributed by atoms with Crippen LogP contribution in [0, 0.1) is 0 Å². The topological polar surface area (TPSA) is 29.3 Å². The van der Waals surface area contributed by atoms with E-state index in [2.05, 4.69) is 37.1 Å². The molecule has 1 heterocycles. The van der Waals surface area contributed by atoms with Crippen LogP contribution >= 0.6 is 11.3 Å². The van der Waals surface area contributed by atoms with Crippen LogP contribution in [0.3, 0.4) is 0 Å². The number of nitrogens with two attached hydrogens (primary N) is 1. The van der Waals surface area contributed by atoms with Crippen molar-refractivity contribution in [1.82, 2.24) is 4.90 Å². The lowest BCUT2D eigenvalue weighted by Gasteiger charge is -2.16. The molecule has 0 aliphatic carbocycles. The van der Waals surface area contributed by atoms with Crippen LogP contribution < -0.4 is 5.73 Å². The van der Waals surface area contributed by atoms with Crippen LogP contribution in [0.15, 0.2) is 36.4 Å². The van der Waals surface area contributed by atoms with E-state index < -0.39 is 0 Å². The standard InChI is InChI=1S/C15H20N2S/c1-3-13-8-9-14(18-13)11-17(2)10-12-6-4-5-7-15(12)16/h4-9H,3,10-11,16H2,1-2H3. The molecule has 0 saturated carbocycles. The minimum Gasteiger partial charge on any atom is -0.398 e. The summed E-state index contributed by atoms with van der Waals surface area (Å²) in [7, 11) is 2.14. The average molecular weight is 260 g/mol. The number of anilines is 1. The highest BCUT2D eigenvalue weighted by Crippen LogP contribution is 2.20. The summed E-state index contributed by atoms with van der Waals surface area (Å²) < 4.78 is 0. The lowest BCUT2D eigenvalue weighted by Crippen LogP contribution is -2.17. The summed E-state index contributed by atoms with van der Waals surface area (Å²) >= 11 is 1.90. The summed E-state index contributed by atoms with van der Waals surface area (Å²) in [6.07, 6.45) is 1.13. The van der Waals surface area contributed by atoms with Gasteiger partial charge in [-0.2, -0.15) is 0 Å². The fraction of sp³-hybridized carbons (Fsp3) is 0.333. The van der Waals surface area contributed by atoms with Gasteiger partial charge < -0.3 is 5.73 Å². The molecule has 2 aromatic rings. The van der Waals surface area contributed by atoms with E-state index in [1.54, 1.807) is 0 Å². The van der Waals surface area contributed by atoms with Crippen molar-refractivity contribution in [3.8, 4) is 0 Å². The monoisotopic (exact) mass is 260 g/mol. The van der Waals surface area contributed by atoms with Gasteiger partial charge in [-0.25, -0.2) is 0 Å². The molecule has 96 valence electrons. The van der Waals surface area contributed by atoms with Crippen molar-refractivity contribution >= 4 is 17.0 Å². The third kappa shape index (κ3) is 3.34. The Kier molecular flexibility index (Phi) is 4.39. The van der Waals surface area contributed by atoms with Crippen molar-refractivity contribution in [2.45, 2.75) is 26.4 Å². The Morgan fingerprint density at radius 1 is 1.06 bits per heavy atom. The number of para-hydroxylation sites is 1. The highest BCUT2D eigenvalue weighted by molar-refractivity contribution is 7.11. The molecule has 2 nitrogen and oxygen atoms in total. The van der Waals surface area contributed by atoms with E-state index in [0.29, 0.717) is 0 Å². The SMILES string of the molecule is CCc1ccc(CN(C)Cc2ccccc2N)s1. The van der Waals surface area contributed by atoms with Crippen LogP contribution in [0.4, 0.5) is 5.69 Å². The summed E-state index contributed by atoms with van der Waals surface area (Å²) in [4.78, 5) is 5.18. The third-order valence-electron chi connectivity index (χ3n) is 2.99. The fourth-order valence-electron chi connectivity index (χ4n) is 1.99. The Hall–Kier alpha value is -1.32. The van der Waals surface area contributed by atoms with E-state index in [1.807, 2.05) is 29.5 Å². The maximum absolute atomic E-state index is 5.96. The second-order valence-electron chi connectivity index (χ2n) is 4.59. The van der Waals surface area contributed by atoms with Gasteiger partial charge in [0.2, 0.25) is 0 Å². The largest absolute Gasteiger partial charge is 0.398 e. The van der Waals surface area contributed by atoms with E-state index in [4.69, 9.17) is 5.73 Å². The molecule has 2 rings (SSSR count). The zero-order chi connectivity index (χ0) is 13.0. The van der Waals surface area contributed by atoms with E-state index in [1.165, 1.54) is 15.3 Å². The fourth-order valence-corrected chi connectivity index (χ4v) is 3.03. The van der Waals surface area contributed by atoms with Gasteiger partial charge >= 0.3 is 0 Å². The van der Waals surface area contributed by atoms with Crippen LogP contribution in [0.1, 0.15) is 22.2 Å². The van der Waals surface area contributed by atoms with Crippen LogP contribution in [0.25, 0.3) is 0 Å². The molecule has 0 spiro atoms. The molecule has 1 aromatic heterocycles. The predicted octanol–water partition coefficient (Wildman–Crippen LogP) is 3.52. The normalized spacial score (nSPS) is 11.1. The van der Waals surface area contributed by atoms with Gasteiger partial charge in [-0.1, -0.05) is 25.1 Å². The van der Waals surface area contributed by atoms with Crippen LogP contribution in [0.5, 0.6) is 0 Å². The Balaban J connectivity index is 1.96. The molecule has 0 saturated heterocycles. The van der Waals surface area contributed by atoms with Gasteiger partial charge in [-0.15, -0.1) is 11.3 Å². The second kappa shape index (κ2) is 6.03.